The molecule has 0 amide bonds. The Hall–Kier alpha value is -6.56. The second-order valence-electron chi connectivity index (χ2n) is 13.0. The fraction of sp³-hybridized carbons (Fsp3) is 0. The van der Waals surface area contributed by atoms with E-state index in [-0.39, 0.29) is 0 Å². The van der Waals surface area contributed by atoms with Crippen molar-refractivity contribution in [3.63, 3.8) is 0 Å². The van der Waals surface area contributed by atoms with Crippen molar-refractivity contribution in [1.82, 2.24) is 19.1 Å². The molecule has 0 atom stereocenters. The number of rotatable bonds is 4. The predicted octanol–water partition coefficient (Wildman–Crippen LogP) is 12.4. The summed E-state index contributed by atoms with van der Waals surface area (Å²) in [5, 5.41) is 7.52. The highest BCUT2D eigenvalue weighted by molar-refractivity contribution is 7.26. The summed E-state index contributed by atoms with van der Waals surface area (Å²) in [5.74, 6) is 0.646. The fourth-order valence-corrected chi connectivity index (χ4v) is 9.13. The first-order valence-corrected chi connectivity index (χ1v) is 18.0. The molecule has 0 spiro atoms. The second kappa shape index (κ2) is 11.0. The number of aromatic nitrogens is 4. The number of hydrogen-bond donors (Lipinski definition) is 0. The van der Waals surface area contributed by atoms with Crippen molar-refractivity contribution in [2.45, 2.75) is 0 Å². The maximum absolute atomic E-state index is 5.27. The minimum absolute atomic E-state index is 0.646. The second-order valence-corrected chi connectivity index (χ2v) is 14.1. The van der Waals surface area contributed by atoms with Crippen molar-refractivity contribution >= 4 is 75.1 Å². The zero-order valence-corrected chi connectivity index (χ0v) is 28.2. The van der Waals surface area contributed by atoms with Crippen molar-refractivity contribution in [2.24, 2.45) is 0 Å². The SMILES string of the molecule is c1ccc(-c2cc(-c3ccccc3)nc(-n3c4ccccc4c4ccc(-n5c6ccccc6c6c7sc8ccccc8c7ccc65)cc43)n2)cc1. The number of hydrogen-bond acceptors (Lipinski definition) is 3. The van der Waals surface area contributed by atoms with Crippen molar-refractivity contribution in [1.29, 1.82) is 0 Å². The van der Waals surface area contributed by atoms with Crippen LogP contribution in [-0.4, -0.2) is 19.1 Å². The molecule has 7 aromatic carbocycles. The van der Waals surface area contributed by atoms with Gasteiger partial charge in [0.1, 0.15) is 0 Å². The average molecular weight is 669 g/mol. The van der Waals surface area contributed by atoms with Crippen LogP contribution in [0.2, 0.25) is 0 Å². The lowest BCUT2D eigenvalue weighted by Crippen LogP contribution is -2.04. The summed E-state index contributed by atoms with van der Waals surface area (Å²) in [6.07, 6.45) is 0. The molecule has 0 saturated heterocycles. The van der Waals surface area contributed by atoms with Gasteiger partial charge in [-0.3, -0.25) is 4.57 Å². The molecule has 0 saturated carbocycles. The summed E-state index contributed by atoms with van der Waals surface area (Å²) in [5.41, 5.74) is 9.50. The quantitative estimate of drug-likeness (QED) is 0.187. The number of para-hydroxylation sites is 2. The van der Waals surface area contributed by atoms with Crippen LogP contribution in [0, 0.1) is 0 Å². The van der Waals surface area contributed by atoms with Crippen LogP contribution < -0.4 is 0 Å². The highest BCUT2D eigenvalue weighted by Gasteiger charge is 2.20. The van der Waals surface area contributed by atoms with E-state index in [0.717, 1.165) is 44.6 Å². The monoisotopic (exact) mass is 668 g/mol. The Bertz CT molecular complexity index is 3080. The molecule has 0 N–H and O–H groups in total. The molecule has 0 aliphatic rings. The van der Waals surface area contributed by atoms with Crippen molar-refractivity contribution in [3.05, 3.63) is 170 Å². The van der Waals surface area contributed by atoms with Crippen LogP contribution in [0.3, 0.4) is 0 Å². The van der Waals surface area contributed by atoms with Gasteiger partial charge < -0.3 is 4.57 Å². The molecule has 0 fully saturated rings. The van der Waals surface area contributed by atoms with Gasteiger partial charge in [-0.15, -0.1) is 11.3 Å². The Morgan fingerprint density at radius 3 is 1.69 bits per heavy atom. The smallest absolute Gasteiger partial charge is 0.235 e. The van der Waals surface area contributed by atoms with Gasteiger partial charge in [-0.2, -0.15) is 0 Å². The van der Waals surface area contributed by atoms with Crippen LogP contribution in [-0.2, 0) is 0 Å². The molecule has 0 aliphatic carbocycles. The Balaban J connectivity index is 1.21. The van der Waals surface area contributed by atoms with Gasteiger partial charge in [0, 0.05) is 58.5 Å². The average Bonchev–Trinajstić information content (AvgIpc) is 3.86. The Morgan fingerprint density at radius 1 is 0.392 bits per heavy atom. The van der Waals surface area contributed by atoms with E-state index in [4.69, 9.17) is 9.97 Å². The maximum atomic E-state index is 5.27. The normalized spacial score (nSPS) is 11.9. The Morgan fingerprint density at radius 2 is 0.961 bits per heavy atom. The van der Waals surface area contributed by atoms with Crippen LogP contribution >= 0.6 is 11.3 Å². The van der Waals surface area contributed by atoms with E-state index in [2.05, 4.69) is 167 Å². The molecule has 4 aromatic heterocycles. The highest BCUT2D eigenvalue weighted by atomic mass is 32.1. The van der Waals surface area contributed by atoms with E-state index in [1.807, 2.05) is 23.5 Å². The van der Waals surface area contributed by atoms with Gasteiger partial charge in [0.25, 0.3) is 0 Å². The van der Waals surface area contributed by atoms with E-state index in [1.54, 1.807) is 0 Å². The van der Waals surface area contributed by atoms with Gasteiger partial charge in [-0.05, 0) is 42.5 Å². The lowest BCUT2D eigenvalue weighted by atomic mass is 10.1. The number of fused-ring (bicyclic) bond motifs is 10. The van der Waals surface area contributed by atoms with E-state index >= 15 is 0 Å². The summed E-state index contributed by atoms with van der Waals surface area (Å²) in [6.45, 7) is 0. The first-order chi connectivity index (χ1) is 25.3. The van der Waals surface area contributed by atoms with E-state index < -0.39 is 0 Å². The zero-order chi connectivity index (χ0) is 33.5. The number of nitrogens with zero attached hydrogens (tertiary/aromatic N) is 4. The first-order valence-electron chi connectivity index (χ1n) is 17.2. The molecule has 0 unspecified atom stereocenters. The number of benzene rings is 7. The maximum Gasteiger partial charge on any atom is 0.235 e. The van der Waals surface area contributed by atoms with E-state index in [9.17, 15) is 0 Å². The van der Waals surface area contributed by atoms with Crippen LogP contribution in [0.1, 0.15) is 0 Å². The third kappa shape index (κ3) is 4.25. The predicted molar refractivity (Wildman–Crippen MR) is 214 cm³/mol. The summed E-state index contributed by atoms with van der Waals surface area (Å²) in [6, 6.07) is 60.4. The molecule has 0 aliphatic heterocycles. The third-order valence-electron chi connectivity index (χ3n) is 10.1. The summed E-state index contributed by atoms with van der Waals surface area (Å²) in [7, 11) is 0. The van der Waals surface area contributed by atoms with Crippen LogP contribution in [0.5, 0.6) is 0 Å². The molecule has 238 valence electrons. The molecular weight excluding hydrogens is 641 g/mol. The topological polar surface area (TPSA) is 35.6 Å². The first kappa shape index (κ1) is 28.3. The van der Waals surface area contributed by atoms with Crippen molar-refractivity contribution in [3.8, 4) is 34.2 Å². The molecule has 5 heteroatoms. The minimum Gasteiger partial charge on any atom is -0.309 e. The molecular formula is C46H28N4S. The van der Waals surface area contributed by atoms with Crippen LogP contribution in [0.15, 0.2) is 170 Å². The van der Waals surface area contributed by atoms with Gasteiger partial charge >= 0.3 is 0 Å². The van der Waals surface area contributed by atoms with Gasteiger partial charge in [-0.25, -0.2) is 9.97 Å². The summed E-state index contributed by atoms with van der Waals surface area (Å²) >= 11 is 1.88. The van der Waals surface area contributed by atoms with E-state index in [1.165, 1.54) is 47.4 Å². The highest BCUT2D eigenvalue weighted by Crippen LogP contribution is 2.44. The van der Waals surface area contributed by atoms with Crippen LogP contribution in [0.4, 0.5) is 0 Å². The summed E-state index contributed by atoms with van der Waals surface area (Å²) < 4.78 is 7.31. The zero-order valence-electron chi connectivity index (χ0n) is 27.4. The summed E-state index contributed by atoms with van der Waals surface area (Å²) in [4.78, 5) is 10.5. The molecule has 0 bridgehead atoms. The fourth-order valence-electron chi connectivity index (χ4n) is 7.87. The Labute approximate surface area is 297 Å². The molecule has 4 nitrogen and oxygen atoms in total. The largest absolute Gasteiger partial charge is 0.309 e. The van der Waals surface area contributed by atoms with Gasteiger partial charge in [0.05, 0.1) is 33.5 Å². The molecule has 0 radical (unpaired) electrons. The number of thiophene rings is 1. The lowest BCUT2D eigenvalue weighted by molar-refractivity contribution is 0.994. The van der Waals surface area contributed by atoms with E-state index in [0.29, 0.717) is 5.95 Å². The molecule has 11 aromatic rings. The van der Waals surface area contributed by atoms with Crippen molar-refractivity contribution in [2.75, 3.05) is 0 Å². The van der Waals surface area contributed by atoms with Crippen LogP contribution in [0.25, 0.3) is 97.9 Å². The van der Waals surface area contributed by atoms with Gasteiger partial charge in [0.15, 0.2) is 0 Å². The molecule has 4 heterocycles. The van der Waals surface area contributed by atoms with Crippen molar-refractivity contribution < 1.29 is 0 Å². The lowest BCUT2D eigenvalue weighted by Gasteiger charge is -2.13. The molecule has 11 rings (SSSR count). The molecule has 51 heavy (non-hydrogen) atoms. The standard InChI is InChI=1S/C46H28N4S/c1-3-13-29(14-4-1)37-28-38(30-15-5-2-6-16-30)48-46(47-37)50-39-20-10-7-17-32(39)33-24-23-31(27-42(33)50)49-40-21-11-8-19-36(40)44-41(49)26-25-35-34-18-9-12-22-43(34)51-45(35)44/h1-28H. The minimum atomic E-state index is 0.646. The Kier molecular flexibility index (Phi) is 6.09. The third-order valence-corrected chi connectivity index (χ3v) is 11.4. The van der Waals surface area contributed by atoms with Gasteiger partial charge in [0.2, 0.25) is 5.95 Å². The van der Waals surface area contributed by atoms with Gasteiger partial charge in [-0.1, -0.05) is 127 Å².